The summed E-state index contributed by atoms with van der Waals surface area (Å²) in [6.07, 6.45) is 0. The highest BCUT2D eigenvalue weighted by Crippen LogP contribution is 2.29. The van der Waals surface area contributed by atoms with Gasteiger partial charge in [-0.05, 0) is 28.2 Å². The molecule has 0 spiro atoms. The van der Waals surface area contributed by atoms with Crippen molar-refractivity contribution < 1.29 is 0 Å². The third-order valence-corrected chi connectivity index (χ3v) is 4.47. The molecular formula is C23H22N2O. The molecule has 0 atom stereocenters. The van der Waals surface area contributed by atoms with Crippen LogP contribution in [0.4, 0.5) is 0 Å². The lowest BCUT2D eigenvalue weighted by Gasteiger charge is -2.24. The van der Waals surface area contributed by atoms with Crippen LogP contribution in [0.2, 0.25) is 0 Å². The summed E-state index contributed by atoms with van der Waals surface area (Å²) >= 11 is 0. The minimum absolute atomic E-state index is 0.230. The van der Waals surface area contributed by atoms with E-state index in [0.717, 1.165) is 22.4 Å². The Hall–Kier alpha value is -3.12. The third-order valence-electron chi connectivity index (χ3n) is 4.47. The van der Waals surface area contributed by atoms with Gasteiger partial charge in [0.2, 0.25) is 0 Å². The van der Waals surface area contributed by atoms with E-state index in [4.69, 9.17) is 0 Å². The van der Waals surface area contributed by atoms with Crippen LogP contribution in [0, 0.1) is 11.3 Å². The van der Waals surface area contributed by atoms with E-state index in [2.05, 4.69) is 6.07 Å². The molecule has 3 heteroatoms. The molecular weight excluding hydrogens is 320 g/mol. The third kappa shape index (κ3) is 3.45. The lowest BCUT2D eigenvalue weighted by Crippen LogP contribution is -2.29. The summed E-state index contributed by atoms with van der Waals surface area (Å²) in [6, 6.07) is 23.9. The largest absolute Gasteiger partial charge is 0.303 e. The zero-order chi connectivity index (χ0) is 18.7. The Morgan fingerprint density at radius 1 is 0.962 bits per heavy atom. The highest BCUT2D eigenvalue weighted by molar-refractivity contribution is 5.63. The van der Waals surface area contributed by atoms with Crippen molar-refractivity contribution in [1.29, 1.82) is 5.26 Å². The monoisotopic (exact) mass is 342 g/mol. The van der Waals surface area contributed by atoms with Crippen molar-refractivity contribution in [2.24, 2.45) is 0 Å². The van der Waals surface area contributed by atoms with Gasteiger partial charge in [-0.25, -0.2) is 0 Å². The molecule has 0 radical (unpaired) electrons. The maximum atomic E-state index is 13.2. The average Bonchev–Trinajstić information content (AvgIpc) is 2.63. The van der Waals surface area contributed by atoms with Crippen LogP contribution in [0.25, 0.3) is 11.3 Å². The van der Waals surface area contributed by atoms with Gasteiger partial charge in [-0.1, -0.05) is 81.4 Å². The number of pyridine rings is 1. The van der Waals surface area contributed by atoms with E-state index in [0.29, 0.717) is 6.54 Å². The Morgan fingerprint density at radius 3 is 2.08 bits per heavy atom. The number of rotatable bonds is 3. The van der Waals surface area contributed by atoms with Crippen molar-refractivity contribution in [3.05, 3.63) is 93.8 Å². The Labute approximate surface area is 154 Å². The lowest BCUT2D eigenvalue weighted by atomic mass is 9.83. The number of nitrogens with zero attached hydrogens (tertiary/aromatic N) is 2. The molecule has 0 saturated heterocycles. The Balaban J connectivity index is 2.31. The predicted molar refractivity (Wildman–Crippen MR) is 105 cm³/mol. The van der Waals surface area contributed by atoms with Crippen molar-refractivity contribution in [2.75, 3.05) is 0 Å². The van der Waals surface area contributed by atoms with Gasteiger partial charge in [-0.2, -0.15) is 5.26 Å². The molecule has 3 aromatic rings. The molecule has 0 unspecified atom stereocenters. The first-order valence-corrected chi connectivity index (χ1v) is 8.69. The van der Waals surface area contributed by atoms with Gasteiger partial charge in [0.15, 0.2) is 0 Å². The van der Waals surface area contributed by atoms with Gasteiger partial charge in [0.25, 0.3) is 5.56 Å². The van der Waals surface area contributed by atoms with Gasteiger partial charge in [0.1, 0.15) is 11.6 Å². The van der Waals surface area contributed by atoms with Crippen molar-refractivity contribution in [1.82, 2.24) is 4.57 Å². The number of hydrogen-bond donors (Lipinski definition) is 0. The highest BCUT2D eigenvalue weighted by Gasteiger charge is 2.24. The molecule has 0 amide bonds. The number of hydrogen-bond acceptors (Lipinski definition) is 2. The number of nitriles is 1. The van der Waals surface area contributed by atoms with E-state index >= 15 is 0 Å². The molecule has 1 heterocycles. The van der Waals surface area contributed by atoms with E-state index in [9.17, 15) is 10.1 Å². The molecule has 0 aliphatic rings. The first kappa shape index (κ1) is 17.7. The minimum Gasteiger partial charge on any atom is -0.303 e. The lowest BCUT2D eigenvalue weighted by molar-refractivity contribution is 0.582. The first-order chi connectivity index (χ1) is 12.4. The molecule has 3 rings (SSSR count). The minimum atomic E-state index is -0.292. The summed E-state index contributed by atoms with van der Waals surface area (Å²) in [5.74, 6) is 0. The highest BCUT2D eigenvalue weighted by atomic mass is 16.1. The van der Waals surface area contributed by atoms with Crippen LogP contribution in [0.1, 0.15) is 37.5 Å². The number of aromatic nitrogens is 1. The van der Waals surface area contributed by atoms with Crippen LogP contribution in [0.3, 0.4) is 0 Å². The van der Waals surface area contributed by atoms with E-state index in [1.807, 2.05) is 87.5 Å². The smallest absolute Gasteiger partial charge is 0.269 e. The SMILES string of the molecule is CC(C)(C)c1cc(-c2ccccc2)n(Cc2ccccc2)c(=O)c1C#N. The second-order valence-electron chi connectivity index (χ2n) is 7.42. The van der Waals surface area contributed by atoms with E-state index in [-0.39, 0.29) is 16.5 Å². The molecule has 3 nitrogen and oxygen atoms in total. The summed E-state index contributed by atoms with van der Waals surface area (Å²) in [6.45, 7) is 6.51. The van der Waals surface area contributed by atoms with E-state index in [1.165, 1.54) is 0 Å². The fourth-order valence-electron chi connectivity index (χ4n) is 3.12. The maximum absolute atomic E-state index is 13.2. The van der Waals surface area contributed by atoms with Gasteiger partial charge in [-0.3, -0.25) is 4.79 Å². The fourth-order valence-corrected chi connectivity index (χ4v) is 3.12. The molecule has 26 heavy (non-hydrogen) atoms. The van der Waals surface area contributed by atoms with Crippen LogP contribution in [0.15, 0.2) is 71.5 Å². The van der Waals surface area contributed by atoms with Crippen molar-refractivity contribution >= 4 is 0 Å². The zero-order valence-corrected chi connectivity index (χ0v) is 15.4. The van der Waals surface area contributed by atoms with Gasteiger partial charge in [-0.15, -0.1) is 0 Å². The molecule has 0 N–H and O–H groups in total. The second-order valence-corrected chi connectivity index (χ2v) is 7.42. The van der Waals surface area contributed by atoms with Gasteiger partial charge in [0.05, 0.1) is 12.2 Å². The Bertz CT molecular complexity index is 1000. The maximum Gasteiger partial charge on any atom is 0.269 e. The van der Waals surface area contributed by atoms with Gasteiger partial charge >= 0.3 is 0 Å². The van der Waals surface area contributed by atoms with E-state index in [1.54, 1.807) is 4.57 Å². The quantitative estimate of drug-likeness (QED) is 0.690. The van der Waals surface area contributed by atoms with Crippen molar-refractivity contribution in [3.63, 3.8) is 0 Å². The van der Waals surface area contributed by atoms with Gasteiger partial charge < -0.3 is 4.57 Å². The summed E-state index contributed by atoms with van der Waals surface area (Å²) in [5.41, 5.74) is 3.32. The standard InChI is InChI=1S/C23H22N2O/c1-23(2,3)20-14-21(18-12-8-5-9-13-18)25(22(26)19(20)15-24)16-17-10-6-4-7-11-17/h4-14H,16H2,1-3H3. The summed E-state index contributed by atoms with van der Waals surface area (Å²) in [4.78, 5) is 13.2. The molecule has 2 aromatic carbocycles. The van der Waals surface area contributed by atoms with Crippen molar-refractivity contribution in [3.8, 4) is 17.3 Å². The molecule has 0 bridgehead atoms. The summed E-state index contributed by atoms with van der Waals surface area (Å²) in [7, 11) is 0. The van der Waals surface area contributed by atoms with Crippen LogP contribution >= 0.6 is 0 Å². The van der Waals surface area contributed by atoms with Gasteiger partial charge in [0, 0.05) is 0 Å². The fraction of sp³-hybridized carbons (Fsp3) is 0.217. The van der Waals surface area contributed by atoms with Crippen LogP contribution in [-0.4, -0.2) is 4.57 Å². The molecule has 1 aromatic heterocycles. The predicted octanol–water partition coefficient (Wildman–Crippen LogP) is 4.73. The summed E-state index contributed by atoms with van der Waals surface area (Å²) < 4.78 is 1.71. The molecule has 0 aliphatic heterocycles. The molecule has 0 fully saturated rings. The van der Waals surface area contributed by atoms with E-state index < -0.39 is 0 Å². The molecule has 0 saturated carbocycles. The normalized spacial score (nSPS) is 11.2. The van der Waals surface area contributed by atoms with Crippen LogP contribution in [0.5, 0.6) is 0 Å². The Morgan fingerprint density at radius 2 is 1.54 bits per heavy atom. The van der Waals surface area contributed by atoms with Crippen LogP contribution < -0.4 is 5.56 Å². The topological polar surface area (TPSA) is 45.8 Å². The first-order valence-electron chi connectivity index (χ1n) is 8.69. The summed E-state index contributed by atoms with van der Waals surface area (Å²) in [5, 5.41) is 9.65. The molecule has 0 aliphatic carbocycles. The van der Waals surface area contributed by atoms with Crippen LogP contribution in [-0.2, 0) is 12.0 Å². The Kier molecular flexibility index (Phi) is 4.77. The zero-order valence-electron chi connectivity index (χ0n) is 15.4. The second kappa shape index (κ2) is 7.01. The van der Waals surface area contributed by atoms with Crippen molar-refractivity contribution in [2.45, 2.75) is 32.7 Å². The number of benzene rings is 2. The molecule has 130 valence electrons. The average molecular weight is 342 g/mol.